The number of thioether (sulfide) groups is 1. The maximum atomic E-state index is 12.0. The minimum atomic E-state index is -0.0601. The maximum absolute atomic E-state index is 12.0. The molecule has 0 saturated heterocycles. The van der Waals surface area contributed by atoms with E-state index in [-0.39, 0.29) is 5.91 Å². The zero-order valence-electron chi connectivity index (χ0n) is 14.2. The standard InChI is InChI=1S/C18H20N4OS2/c1-12-11-25-18(20-12)22-16(23)7-8-24-17-14(10-19)9-13-5-3-2-4-6-15(13)21-17/h9,11H,2-8H2,1H3,(H,20,22,23). The summed E-state index contributed by atoms with van der Waals surface area (Å²) in [7, 11) is 0. The highest BCUT2D eigenvalue weighted by Crippen LogP contribution is 2.27. The van der Waals surface area contributed by atoms with Crippen LogP contribution in [0.2, 0.25) is 0 Å². The third-order valence-electron chi connectivity index (χ3n) is 4.07. The Hall–Kier alpha value is -1.91. The first-order valence-corrected chi connectivity index (χ1v) is 10.3. The molecule has 2 heterocycles. The number of carbonyl (C=O) groups excluding carboxylic acids is 1. The normalized spacial score (nSPS) is 13.6. The van der Waals surface area contributed by atoms with Crippen LogP contribution in [0.5, 0.6) is 0 Å². The lowest BCUT2D eigenvalue weighted by Crippen LogP contribution is -2.12. The smallest absolute Gasteiger partial charge is 0.226 e. The number of hydrogen-bond acceptors (Lipinski definition) is 6. The zero-order chi connectivity index (χ0) is 17.6. The second-order valence-electron chi connectivity index (χ2n) is 6.06. The molecular weight excluding hydrogens is 352 g/mol. The second kappa shape index (κ2) is 8.45. The second-order valence-corrected chi connectivity index (χ2v) is 8.00. The predicted octanol–water partition coefficient (Wildman–Crippen LogP) is 4.11. The number of pyridine rings is 1. The third kappa shape index (κ3) is 4.80. The number of nitrogens with zero attached hydrogens (tertiary/aromatic N) is 3. The van der Waals surface area contributed by atoms with Gasteiger partial charge in [-0.25, -0.2) is 9.97 Å². The molecule has 3 rings (SSSR count). The lowest BCUT2D eigenvalue weighted by atomic mass is 10.1. The molecule has 0 fully saturated rings. The molecule has 0 unspecified atom stereocenters. The van der Waals surface area contributed by atoms with E-state index in [1.165, 1.54) is 41.5 Å². The van der Waals surface area contributed by atoms with Gasteiger partial charge in [-0.15, -0.1) is 23.1 Å². The van der Waals surface area contributed by atoms with Gasteiger partial charge >= 0.3 is 0 Å². The molecule has 1 amide bonds. The first-order chi connectivity index (χ1) is 12.2. The lowest BCUT2D eigenvalue weighted by molar-refractivity contribution is -0.115. The number of aryl methyl sites for hydroxylation is 3. The summed E-state index contributed by atoms with van der Waals surface area (Å²) in [4.78, 5) is 21.0. The molecule has 2 aromatic heterocycles. The van der Waals surface area contributed by atoms with Gasteiger partial charge < -0.3 is 5.32 Å². The summed E-state index contributed by atoms with van der Waals surface area (Å²) in [5, 5.41) is 15.5. The van der Waals surface area contributed by atoms with Crippen molar-refractivity contribution in [3.8, 4) is 6.07 Å². The predicted molar refractivity (Wildman–Crippen MR) is 101 cm³/mol. The van der Waals surface area contributed by atoms with Crippen molar-refractivity contribution in [3.05, 3.63) is 34.0 Å². The van der Waals surface area contributed by atoms with Gasteiger partial charge in [-0.1, -0.05) is 6.42 Å². The minimum Gasteiger partial charge on any atom is -0.302 e. The summed E-state index contributed by atoms with van der Waals surface area (Å²) >= 11 is 2.91. The molecular formula is C18H20N4OS2. The average Bonchev–Trinajstić information content (AvgIpc) is 2.87. The van der Waals surface area contributed by atoms with Crippen molar-refractivity contribution in [1.82, 2.24) is 9.97 Å². The average molecular weight is 373 g/mol. The van der Waals surface area contributed by atoms with E-state index in [4.69, 9.17) is 4.98 Å². The van der Waals surface area contributed by atoms with Crippen LogP contribution in [-0.4, -0.2) is 21.6 Å². The summed E-state index contributed by atoms with van der Waals surface area (Å²) < 4.78 is 0. The first-order valence-electron chi connectivity index (χ1n) is 8.43. The molecule has 1 aliphatic carbocycles. The fourth-order valence-electron chi connectivity index (χ4n) is 2.82. The number of rotatable bonds is 5. The van der Waals surface area contributed by atoms with Crippen molar-refractivity contribution in [2.75, 3.05) is 11.1 Å². The van der Waals surface area contributed by atoms with E-state index in [1.54, 1.807) is 0 Å². The third-order valence-corrected chi connectivity index (χ3v) is 5.94. The summed E-state index contributed by atoms with van der Waals surface area (Å²) in [6, 6.07) is 4.25. The van der Waals surface area contributed by atoms with Gasteiger partial charge in [0.2, 0.25) is 5.91 Å². The molecule has 1 aliphatic rings. The Labute approximate surface area is 155 Å². The maximum Gasteiger partial charge on any atom is 0.226 e. The molecule has 0 atom stereocenters. The highest BCUT2D eigenvalue weighted by molar-refractivity contribution is 7.99. The van der Waals surface area contributed by atoms with Crippen LogP contribution in [-0.2, 0) is 17.6 Å². The minimum absolute atomic E-state index is 0.0601. The van der Waals surface area contributed by atoms with Crippen LogP contribution < -0.4 is 5.32 Å². The van der Waals surface area contributed by atoms with Crippen LogP contribution in [0.4, 0.5) is 5.13 Å². The summed E-state index contributed by atoms with van der Waals surface area (Å²) in [6.07, 6.45) is 5.91. The summed E-state index contributed by atoms with van der Waals surface area (Å²) in [5.41, 5.74) is 3.88. The van der Waals surface area contributed by atoms with Crippen molar-refractivity contribution in [3.63, 3.8) is 0 Å². The van der Waals surface area contributed by atoms with E-state index in [0.29, 0.717) is 22.9 Å². The Morgan fingerprint density at radius 3 is 2.96 bits per heavy atom. The number of carbonyl (C=O) groups is 1. The molecule has 0 spiro atoms. The van der Waals surface area contributed by atoms with Gasteiger partial charge in [0.1, 0.15) is 11.1 Å². The van der Waals surface area contributed by atoms with E-state index in [9.17, 15) is 10.1 Å². The van der Waals surface area contributed by atoms with Gasteiger partial charge in [0.15, 0.2) is 5.13 Å². The van der Waals surface area contributed by atoms with Gasteiger partial charge in [-0.05, 0) is 44.2 Å². The molecule has 130 valence electrons. The van der Waals surface area contributed by atoms with E-state index in [2.05, 4.69) is 16.4 Å². The molecule has 5 nitrogen and oxygen atoms in total. The molecule has 25 heavy (non-hydrogen) atoms. The van der Waals surface area contributed by atoms with E-state index in [0.717, 1.165) is 35.7 Å². The number of nitriles is 1. The van der Waals surface area contributed by atoms with Gasteiger partial charge in [0, 0.05) is 23.2 Å². The van der Waals surface area contributed by atoms with Crippen molar-refractivity contribution in [2.45, 2.75) is 50.5 Å². The largest absolute Gasteiger partial charge is 0.302 e. The van der Waals surface area contributed by atoms with E-state index >= 15 is 0 Å². The fourth-order valence-corrected chi connectivity index (χ4v) is 4.44. The highest BCUT2D eigenvalue weighted by Gasteiger charge is 2.15. The molecule has 1 N–H and O–H groups in total. The van der Waals surface area contributed by atoms with Crippen LogP contribution in [0.25, 0.3) is 0 Å². The van der Waals surface area contributed by atoms with Crippen molar-refractivity contribution in [1.29, 1.82) is 5.26 Å². The zero-order valence-corrected chi connectivity index (χ0v) is 15.8. The number of hydrogen-bond donors (Lipinski definition) is 1. The molecule has 0 radical (unpaired) electrons. The Morgan fingerprint density at radius 1 is 1.36 bits per heavy atom. The Kier molecular flexibility index (Phi) is 6.05. The Bertz CT molecular complexity index is 810. The Balaban J connectivity index is 1.59. The van der Waals surface area contributed by atoms with Crippen LogP contribution in [0.15, 0.2) is 16.5 Å². The number of thiazole rings is 1. The molecule has 0 saturated carbocycles. The number of anilines is 1. The number of fused-ring (bicyclic) bond motifs is 1. The van der Waals surface area contributed by atoms with E-state index in [1.807, 2.05) is 18.4 Å². The van der Waals surface area contributed by atoms with Gasteiger partial charge in [0.25, 0.3) is 0 Å². The van der Waals surface area contributed by atoms with Crippen LogP contribution in [0.3, 0.4) is 0 Å². The topological polar surface area (TPSA) is 78.7 Å². The van der Waals surface area contributed by atoms with Crippen molar-refractivity contribution >= 4 is 34.1 Å². The highest BCUT2D eigenvalue weighted by atomic mass is 32.2. The number of nitrogens with one attached hydrogen (secondary N) is 1. The van der Waals surface area contributed by atoms with Crippen LogP contribution in [0.1, 0.15) is 48.2 Å². The number of aromatic nitrogens is 2. The van der Waals surface area contributed by atoms with Gasteiger partial charge in [-0.3, -0.25) is 4.79 Å². The number of amides is 1. The quantitative estimate of drug-likeness (QED) is 0.631. The monoisotopic (exact) mass is 372 g/mol. The molecule has 0 bridgehead atoms. The molecule has 0 aromatic carbocycles. The lowest BCUT2D eigenvalue weighted by Gasteiger charge is -2.09. The molecule has 7 heteroatoms. The Morgan fingerprint density at radius 2 is 2.20 bits per heavy atom. The van der Waals surface area contributed by atoms with Crippen molar-refractivity contribution in [2.24, 2.45) is 0 Å². The van der Waals surface area contributed by atoms with Crippen LogP contribution in [0, 0.1) is 18.3 Å². The van der Waals surface area contributed by atoms with Crippen LogP contribution >= 0.6 is 23.1 Å². The van der Waals surface area contributed by atoms with E-state index < -0.39 is 0 Å². The molecule has 2 aromatic rings. The summed E-state index contributed by atoms with van der Waals surface area (Å²) in [5.74, 6) is 0.534. The first kappa shape index (κ1) is 17.9. The SMILES string of the molecule is Cc1csc(NC(=O)CCSc2nc3c(cc2C#N)CCCCC3)n1. The van der Waals surface area contributed by atoms with Gasteiger partial charge in [-0.2, -0.15) is 5.26 Å². The van der Waals surface area contributed by atoms with Gasteiger partial charge in [0.05, 0.1) is 11.3 Å². The van der Waals surface area contributed by atoms with Crippen molar-refractivity contribution < 1.29 is 4.79 Å². The fraction of sp³-hybridized carbons (Fsp3) is 0.444. The molecule has 0 aliphatic heterocycles. The summed E-state index contributed by atoms with van der Waals surface area (Å²) in [6.45, 7) is 1.90.